The number of nitrogens with zero attached hydrogens (tertiary/aromatic N) is 5. The van der Waals surface area contributed by atoms with Crippen LogP contribution in [0.25, 0.3) is 28.2 Å². The van der Waals surface area contributed by atoms with Crippen LogP contribution >= 0.6 is 0 Å². The summed E-state index contributed by atoms with van der Waals surface area (Å²) in [6.07, 6.45) is 4.67. The summed E-state index contributed by atoms with van der Waals surface area (Å²) >= 11 is 1.69. The number of fused-ring (bicyclic) bond motifs is 1. The third-order valence-corrected chi connectivity index (χ3v) is 6.63. The van der Waals surface area contributed by atoms with Crippen molar-refractivity contribution in [2.75, 3.05) is 20.2 Å². The third-order valence-electron chi connectivity index (χ3n) is 5.48. The molecule has 156 valence electrons. The van der Waals surface area contributed by atoms with Crippen LogP contribution in [0.5, 0.6) is 5.88 Å². The predicted molar refractivity (Wildman–Crippen MR) is 121 cm³/mol. The van der Waals surface area contributed by atoms with Gasteiger partial charge in [0.05, 0.1) is 0 Å². The first-order chi connectivity index (χ1) is 15.1. The Kier molecular flexibility index (Phi) is 5.20. The van der Waals surface area contributed by atoms with E-state index in [0.29, 0.717) is 27.5 Å². The number of carbonyl (C=O) groups is 1. The molecule has 4 heterocycles. The van der Waals surface area contributed by atoms with Crippen LogP contribution in [-0.4, -0.2) is 67.4 Å². The number of hydrogen-bond donors (Lipinski definition) is 0. The summed E-state index contributed by atoms with van der Waals surface area (Å²) in [5.41, 5.74) is 4.49. The van der Waals surface area contributed by atoms with Gasteiger partial charge in [0, 0.05) is 0 Å². The van der Waals surface area contributed by atoms with Gasteiger partial charge in [-0.05, 0) is 0 Å². The summed E-state index contributed by atoms with van der Waals surface area (Å²) < 4.78 is 7.71. The van der Waals surface area contributed by atoms with Crippen molar-refractivity contribution in [3.63, 3.8) is 0 Å². The van der Waals surface area contributed by atoms with E-state index < -0.39 is 0 Å². The molecular weight excluding hydrogens is 453 g/mol. The van der Waals surface area contributed by atoms with Crippen molar-refractivity contribution in [1.82, 2.24) is 24.5 Å². The van der Waals surface area contributed by atoms with Crippen molar-refractivity contribution >= 4 is 28.4 Å². The van der Waals surface area contributed by atoms with Gasteiger partial charge in [0.15, 0.2) is 0 Å². The van der Waals surface area contributed by atoms with Crippen LogP contribution in [0.3, 0.4) is 0 Å². The van der Waals surface area contributed by atoms with E-state index in [-0.39, 0.29) is 5.91 Å². The molecule has 7 nitrogen and oxygen atoms in total. The maximum atomic E-state index is 13.1. The summed E-state index contributed by atoms with van der Waals surface area (Å²) in [6.45, 7) is 1.60. The van der Waals surface area contributed by atoms with E-state index in [9.17, 15) is 4.79 Å². The molecule has 0 N–H and O–H groups in total. The van der Waals surface area contributed by atoms with Gasteiger partial charge in [0.2, 0.25) is 0 Å². The van der Waals surface area contributed by atoms with E-state index in [1.54, 1.807) is 40.7 Å². The van der Waals surface area contributed by atoms with Gasteiger partial charge in [-0.15, -0.1) is 0 Å². The van der Waals surface area contributed by atoms with Crippen LogP contribution in [0.2, 0.25) is 4.71 Å². The van der Waals surface area contributed by atoms with Crippen molar-refractivity contribution in [2.45, 2.75) is 11.1 Å². The summed E-state index contributed by atoms with van der Waals surface area (Å²) in [7, 11) is 1.56. The zero-order valence-electron chi connectivity index (χ0n) is 17.1. The number of hydrogen-bond acceptors (Lipinski definition) is 5. The molecule has 2 atom stereocenters. The predicted octanol–water partition coefficient (Wildman–Crippen LogP) is 2.73. The fraction of sp³-hybridized carbons (Fsp3) is 0.217. The molecule has 8 heteroatoms. The second kappa shape index (κ2) is 8.16. The van der Waals surface area contributed by atoms with Gasteiger partial charge in [-0.3, -0.25) is 0 Å². The van der Waals surface area contributed by atoms with Crippen LogP contribution in [0.4, 0.5) is 0 Å². The standard InChI is InChI=1S/C23H22AsN5O2/c1-31-21-12-16(23(30)28-9-7-17(24)14-28)11-20(26-21)18-13-25-29-10-8-19(27-22(18)29)15-5-3-2-4-6-15/h2-6,8,10-13,17H,7,9,14,24H2,1H3/t17-/m0/s1. The number of benzene rings is 1. The van der Waals surface area contributed by atoms with Crippen molar-refractivity contribution in [1.29, 1.82) is 0 Å². The second-order valence-electron chi connectivity index (χ2n) is 7.59. The molecule has 3 aromatic heterocycles. The number of ether oxygens (including phenoxy) is 1. The van der Waals surface area contributed by atoms with E-state index in [1.165, 1.54) is 0 Å². The quantitative estimate of drug-likeness (QED) is 0.425. The summed E-state index contributed by atoms with van der Waals surface area (Å²) in [4.78, 5) is 24.4. The van der Waals surface area contributed by atoms with Gasteiger partial charge in [-0.2, -0.15) is 0 Å². The van der Waals surface area contributed by atoms with Crippen LogP contribution in [-0.2, 0) is 0 Å². The molecule has 1 aliphatic heterocycles. The first kappa shape index (κ1) is 19.8. The number of aromatic nitrogens is 4. The van der Waals surface area contributed by atoms with E-state index in [2.05, 4.69) is 10.1 Å². The molecule has 31 heavy (non-hydrogen) atoms. The Morgan fingerprint density at radius 1 is 1.13 bits per heavy atom. The Hall–Kier alpha value is -3.18. The van der Waals surface area contributed by atoms with Crippen LogP contribution < -0.4 is 4.74 Å². The number of amides is 1. The third kappa shape index (κ3) is 3.81. The molecule has 1 saturated heterocycles. The average molecular weight is 475 g/mol. The monoisotopic (exact) mass is 475 g/mol. The van der Waals surface area contributed by atoms with E-state index in [4.69, 9.17) is 9.72 Å². The normalized spacial score (nSPS) is 16.1. The topological polar surface area (TPSA) is 72.6 Å². The van der Waals surface area contributed by atoms with Gasteiger partial charge >= 0.3 is 158 Å². The van der Waals surface area contributed by atoms with Crippen molar-refractivity contribution in [2.24, 2.45) is 0 Å². The minimum absolute atomic E-state index is 0.0107. The molecule has 0 radical (unpaired) electrons. The number of pyridine rings is 1. The molecule has 1 amide bonds. The zero-order valence-corrected chi connectivity index (χ0v) is 19.5. The summed E-state index contributed by atoms with van der Waals surface area (Å²) in [6, 6.07) is 15.4. The number of carbonyl (C=O) groups excluding carboxylic acids is 1. The first-order valence-corrected chi connectivity index (χ1v) is 11.5. The van der Waals surface area contributed by atoms with Crippen molar-refractivity contribution in [3.05, 3.63) is 66.5 Å². The van der Waals surface area contributed by atoms with Crippen molar-refractivity contribution < 1.29 is 9.53 Å². The molecule has 0 spiro atoms. The molecular formula is C23H22AsN5O2. The average Bonchev–Trinajstić information content (AvgIpc) is 3.44. The summed E-state index contributed by atoms with van der Waals surface area (Å²) in [5, 5.41) is 4.43. The molecule has 0 bridgehead atoms. The van der Waals surface area contributed by atoms with Gasteiger partial charge in [0.25, 0.3) is 0 Å². The Balaban J connectivity index is 1.58. The number of likely N-dealkylation sites (tertiary alicyclic amines) is 1. The Labute approximate surface area is 188 Å². The minimum atomic E-state index is 0.0107. The molecule has 1 unspecified atom stereocenters. The van der Waals surface area contributed by atoms with Crippen LogP contribution in [0, 0.1) is 0 Å². The van der Waals surface area contributed by atoms with Gasteiger partial charge in [0.1, 0.15) is 0 Å². The van der Waals surface area contributed by atoms with Crippen LogP contribution in [0.1, 0.15) is 16.8 Å². The molecule has 1 fully saturated rings. The molecule has 1 aromatic carbocycles. The van der Waals surface area contributed by atoms with Gasteiger partial charge < -0.3 is 0 Å². The molecule has 5 rings (SSSR count). The van der Waals surface area contributed by atoms with Crippen LogP contribution in [0.15, 0.2) is 60.9 Å². The molecule has 4 aromatic rings. The van der Waals surface area contributed by atoms with E-state index >= 15 is 0 Å². The van der Waals surface area contributed by atoms with Gasteiger partial charge in [-0.1, -0.05) is 30.3 Å². The molecule has 0 saturated carbocycles. The Bertz CT molecular complexity index is 1260. The fourth-order valence-electron chi connectivity index (χ4n) is 3.84. The second-order valence-corrected chi connectivity index (χ2v) is 9.57. The number of rotatable bonds is 4. The Morgan fingerprint density at radius 2 is 1.97 bits per heavy atom. The molecule has 0 aliphatic carbocycles. The SMILES string of the molecule is COc1cc(C(=O)N2CC[C@H]([AsH2])C2)cc(-c2cnn3ccc(-c4ccccc4)nc23)n1. The summed E-state index contributed by atoms with van der Waals surface area (Å²) in [5.74, 6) is 0.410. The van der Waals surface area contributed by atoms with E-state index in [1.807, 2.05) is 53.6 Å². The van der Waals surface area contributed by atoms with Crippen molar-refractivity contribution in [3.8, 4) is 28.4 Å². The zero-order chi connectivity index (χ0) is 21.4. The fourth-order valence-corrected chi connectivity index (χ4v) is 4.69. The molecule has 1 aliphatic rings. The maximum absolute atomic E-state index is 13.1. The Morgan fingerprint density at radius 3 is 2.71 bits per heavy atom. The first-order valence-electron chi connectivity index (χ1n) is 10.1. The van der Waals surface area contributed by atoms with Gasteiger partial charge in [-0.25, -0.2) is 0 Å². The van der Waals surface area contributed by atoms with E-state index in [0.717, 1.165) is 36.3 Å². The number of methoxy groups -OCH3 is 1.